The van der Waals surface area contributed by atoms with Gasteiger partial charge in [0.15, 0.2) is 5.82 Å². The molecule has 1 saturated carbocycles. The molecule has 108 valence electrons. The Morgan fingerprint density at radius 1 is 1.10 bits per heavy atom. The zero-order chi connectivity index (χ0) is 14.3. The summed E-state index contributed by atoms with van der Waals surface area (Å²) in [6.45, 7) is 0. The summed E-state index contributed by atoms with van der Waals surface area (Å²) in [6.07, 6.45) is 5.61. The number of aromatic nitrogens is 3. The average Bonchev–Trinajstić information content (AvgIpc) is 2.93. The summed E-state index contributed by atoms with van der Waals surface area (Å²) in [6, 6.07) is 9.91. The number of hydrogen-bond donors (Lipinski definition) is 2. The van der Waals surface area contributed by atoms with Crippen LogP contribution in [0.2, 0.25) is 0 Å². The molecule has 0 saturated heterocycles. The van der Waals surface area contributed by atoms with E-state index in [1.807, 2.05) is 30.3 Å². The second-order valence-electron chi connectivity index (χ2n) is 5.72. The van der Waals surface area contributed by atoms with Crippen LogP contribution in [0.15, 0.2) is 35.3 Å². The molecule has 1 aliphatic heterocycles. The van der Waals surface area contributed by atoms with E-state index in [9.17, 15) is 0 Å². The average molecular weight is 282 g/mol. The van der Waals surface area contributed by atoms with Crippen molar-refractivity contribution >= 4 is 11.9 Å². The summed E-state index contributed by atoms with van der Waals surface area (Å²) in [5.74, 6) is 1.80. The second kappa shape index (κ2) is 4.58. The molecule has 2 aromatic rings. The van der Waals surface area contributed by atoms with Crippen LogP contribution >= 0.6 is 0 Å². The molecule has 1 aliphatic carbocycles. The number of nitrogens with zero attached hydrogens (tertiary/aromatic N) is 4. The molecule has 3 N–H and O–H groups in total. The largest absolute Gasteiger partial charge is 0.368 e. The second-order valence-corrected chi connectivity index (χ2v) is 5.72. The van der Waals surface area contributed by atoms with Crippen LogP contribution in [0.1, 0.15) is 32.1 Å². The Kier molecular flexibility index (Phi) is 2.70. The molecule has 1 aromatic heterocycles. The topological polar surface area (TPSA) is 81.1 Å². The Morgan fingerprint density at radius 2 is 1.86 bits per heavy atom. The molecular formula is C15H18N6. The van der Waals surface area contributed by atoms with Crippen molar-refractivity contribution in [1.29, 1.82) is 0 Å². The van der Waals surface area contributed by atoms with Crippen LogP contribution < -0.4 is 11.1 Å². The highest BCUT2D eigenvalue weighted by atomic mass is 15.5. The van der Waals surface area contributed by atoms with Crippen LogP contribution in [0, 0.1) is 0 Å². The van der Waals surface area contributed by atoms with Gasteiger partial charge in [0.05, 0.1) is 0 Å². The van der Waals surface area contributed by atoms with E-state index in [2.05, 4.69) is 20.4 Å². The molecule has 0 atom stereocenters. The van der Waals surface area contributed by atoms with Crippen molar-refractivity contribution < 1.29 is 0 Å². The lowest BCUT2D eigenvalue weighted by Gasteiger charge is -2.37. The fourth-order valence-electron chi connectivity index (χ4n) is 3.14. The zero-order valence-corrected chi connectivity index (χ0v) is 11.8. The van der Waals surface area contributed by atoms with Crippen LogP contribution in [0.4, 0.5) is 5.95 Å². The van der Waals surface area contributed by atoms with Crippen LogP contribution in [-0.4, -0.2) is 26.4 Å². The van der Waals surface area contributed by atoms with E-state index in [1.165, 1.54) is 19.3 Å². The Balaban J connectivity index is 1.73. The molecule has 2 aliphatic rings. The number of benzene rings is 1. The van der Waals surface area contributed by atoms with Gasteiger partial charge >= 0.3 is 0 Å². The lowest BCUT2D eigenvalue weighted by atomic mass is 9.89. The van der Waals surface area contributed by atoms with Crippen LogP contribution in [0.3, 0.4) is 0 Å². The summed E-state index contributed by atoms with van der Waals surface area (Å²) < 4.78 is 1.60. The molecule has 4 rings (SSSR count). The highest BCUT2D eigenvalue weighted by Crippen LogP contribution is 2.35. The van der Waals surface area contributed by atoms with E-state index < -0.39 is 0 Å². The van der Waals surface area contributed by atoms with Crippen LogP contribution in [0.5, 0.6) is 0 Å². The fraction of sp³-hybridized carbons (Fsp3) is 0.400. The van der Waals surface area contributed by atoms with Gasteiger partial charge in [0.1, 0.15) is 5.66 Å². The predicted molar refractivity (Wildman–Crippen MR) is 81.9 cm³/mol. The lowest BCUT2D eigenvalue weighted by molar-refractivity contribution is 0.327. The van der Waals surface area contributed by atoms with Crippen molar-refractivity contribution in [3.63, 3.8) is 0 Å². The van der Waals surface area contributed by atoms with Gasteiger partial charge in [0, 0.05) is 5.56 Å². The van der Waals surface area contributed by atoms with E-state index in [-0.39, 0.29) is 5.66 Å². The first kappa shape index (κ1) is 12.4. The van der Waals surface area contributed by atoms with Crippen molar-refractivity contribution in [1.82, 2.24) is 14.8 Å². The number of nitrogens with one attached hydrogen (secondary N) is 1. The number of aliphatic imine (C=N–C) groups is 1. The fourth-order valence-corrected chi connectivity index (χ4v) is 3.14. The number of nitrogens with two attached hydrogens (primary N) is 1. The Hall–Kier alpha value is -2.37. The number of rotatable bonds is 1. The van der Waals surface area contributed by atoms with E-state index in [0.717, 1.165) is 18.4 Å². The van der Waals surface area contributed by atoms with Gasteiger partial charge in [-0.1, -0.05) is 36.8 Å². The first-order chi connectivity index (χ1) is 10.3. The molecule has 0 bridgehead atoms. The summed E-state index contributed by atoms with van der Waals surface area (Å²) in [4.78, 5) is 9.27. The monoisotopic (exact) mass is 282 g/mol. The quantitative estimate of drug-likeness (QED) is 0.840. The number of fused-ring (bicyclic) bond motifs is 1. The van der Waals surface area contributed by atoms with Crippen LogP contribution in [-0.2, 0) is 0 Å². The molecule has 0 amide bonds. The standard InChI is InChI=1S/C15H18N6/c16-13-18-15(9-5-2-6-10-15)19-14-17-12(20-21(13)14)11-7-3-1-4-8-11/h1,3-4,7-8H,2,5-6,9-10H2,(H2,16,18)(H,17,19,20). The SMILES string of the molecule is NC1=NC2(CCCCC2)Nc2nc(-c3ccccc3)nn21. The molecule has 21 heavy (non-hydrogen) atoms. The van der Waals surface area contributed by atoms with E-state index >= 15 is 0 Å². The normalized spacial score (nSPS) is 19.7. The predicted octanol–water partition coefficient (Wildman–Crippen LogP) is 2.19. The Labute approximate surface area is 123 Å². The van der Waals surface area contributed by atoms with Crippen molar-refractivity contribution in [3.05, 3.63) is 30.3 Å². The first-order valence-corrected chi connectivity index (χ1v) is 7.42. The molecule has 6 heteroatoms. The maximum absolute atomic E-state index is 6.11. The first-order valence-electron chi connectivity index (χ1n) is 7.42. The van der Waals surface area contributed by atoms with Gasteiger partial charge in [0.2, 0.25) is 11.9 Å². The van der Waals surface area contributed by atoms with Crippen molar-refractivity contribution in [2.45, 2.75) is 37.8 Å². The van der Waals surface area contributed by atoms with Gasteiger partial charge in [0.25, 0.3) is 0 Å². The van der Waals surface area contributed by atoms with Gasteiger partial charge in [-0.15, -0.1) is 5.10 Å². The molecule has 2 heterocycles. The van der Waals surface area contributed by atoms with Gasteiger partial charge < -0.3 is 11.1 Å². The Bertz CT molecular complexity index is 681. The third kappa shape index (κ3) is 2.07. The van der Waals surface area contributed by atoms with Crippen molar-refractivity contribution in [3.8, 4) is 11.4 Å². The molecular weight excluding hydrogens is 264 g/mol. The van der Waals surface area contributed by atoms with Crippen LogP contribution in [0.25, 0.3) is 11.4 Å². The lowest BCUT2D eigenvalue weighted by Crippen LogP contribution is -2.46. The molecule has 0 radical (unpaired) electrons. The maximum Gasteiger partial charge on any atom is 0.231 e. The molecule has 1 aromatic carbocycles. The van der Waals surface area contributed by atoms with Crippen molar-refractivity contribution in [2.75, 3.05) is 5.32 Å². The molecule has 0 unspecified atom stereocenters. The van der Waals surface area contributed by atoms with E-state index in [0.29, 0.717) is 17.7 Å². The highest BCUT2D eigenvalue weighted by Gasteiger charge is 2.37. The highest BCUT2D eigenvalue weighted by molar-refractivity contribution is 5.85. The minimum Gasteiger partial charge on any atom is -0.368 e. The van der Waals surface area contributed by atoms with Gasteiger partial charge in [-0.3, -0.25) is 0 Å². The molecule has 6 nitrogen and oxygen atoms in total. The summed E-state index contributed by atoms with van der Waals surface area (Å²) in [5.41, 5.74) is 6.81. The third-order valence-electron chi connectivity index (χ3n) is 4.21. The number of anilines is 1. The smallest absolute Gasteiger partial charge is 0.231 e. The summed E-state index contributed by atoms with van der Waals surface area (Å²) in [7, 11) is 0. The van der Waals surface area contributed by atoms with E-state index in [1.54, 1.807) is 4.68 Å². The third-order valence-corrected chi connectivity index (χ3v) is 4.21. The molecule has 1 fully saturated rings. The molecule has 1 spiro atoms. The summed E-state index contributed by atoms with van der Waals surface area (Å²) in [5, 5.41) is 7.92. The number of hydrogen-bond acceptors (Lipinski definition) is 5. The Morgan fingerprint density at radius 3 is 2.62 bits per heavy atom. The minimum absolute atomic E-state index is 0.278. The minimum atomic E-state index is -0.278. The zero-order valence-electron chi connectivity index (χ0n) is 11.8. The van der Waals surface area contributed by atoms with Gasteiger partial charge in [-0.2, -0.15) is 9.67 Å². The van der Waals surface area contributed by atoms with Gasteiger partial charge in [-0.05, 0) is 25.7 Å². The van der Waals surface area contributed by atoms with E-state index in [4.69, 9.17) is 5.73 Å². The summed E-state index contributed by atoms with van der Waals surface area (Å²) >= 11 is 0. The van der Waals surface area contributed by atoms with Crippen molar-refractivity contribution in [2.24, 2.45) is 10.7 Å². The maximum atomic E-state index is 6.11. The van der Waals surface area contributed by atoms with Gasteiger partial charge in [-0.25, -0.2) is 4.99 Å².